The zero-order valence-electron chi connectivity index (χ0n) is 13.9. The van der Waals surface area contributed by atoms with Crippen molar-refractivity contribution in [3.05, 3.63) is 53.2 Å². The van der Waals surface area contributed by atoms with E-state index in [2.05, 4.69) is 41.5 Å². The number of hydrogen-bond donors (Lipinski definition) is 1. The summed E-state index contributed by atoms with van der Waals surface area (Å²) in [5.41, 5.74) is 4.74. The largest absolute Gasteiger partial charge is 0.352 e. The predicted octanol–water partition coefficient (Wildman–Crippen LogP) is 3.15. The Balaban J connectivity index is 1.74. The van der Waals surface area contributed by atoms with Crippen molar-refractivity contribution >= 4 is 11.6 Å². The Labute approximate surface area is 140 Å². The number of carbonyl (C=O) groups is 1. The van der Waals surface area contributed by atoms with Crippen LogP contribution in [0.3, 0.4) is 0 Å². The molecule has 0 radical (unpaired) electrons. The zero-order valence-corrected chi connectivity index (χ0v) is 13.9. The van der Waals surface area contributed by atoms with Crippen molar-refractivity contribution in [3.63, 3.8) is 0 Å². The van der Waals surface area contributed by atoms with Crippen molar-refractivity contribution in [2.24, 2.45) is 5.92 Å². The predicted molar refractivity (Wildman–Crippen MR) is 93.0 cm³/mol. The second-order valence-electron chi connectivity index (χ2n) is 6.59. The Bertz CT molecular complexity index is 904. The van der Waals surface area contributed by atoms with Crippen LogP contribution in [0, 0.1) is 19.8 Å². The normalized spacial score (nSPS) is 14.1. The minimum Gasteiger partial charge on any atom is -0.352 e. The van der Waals surface area contributed by atoms with Crippen LogP contribution in [-0.4, -0.2) is 27.0 Å². The molecule has 0 atom stereocenters. The highest BCUT2D eigenvalue weighted by atomic mass is 16.1. The number of nitrogens with one attached hydrogen (secondary N) is 1. The second kappa shape index (κ2) is 5.74. The summed E-state index contributed by atoms with van der Waals surface area (Å²) in [7, 11) is 0. The molecular weight excluding hydrogens is 300 g/mol. The standard InChI is InChI=1S/C19H20N4O/c1-12-4-3-5-13(2)17(12)18-22-21-16-9-8-15(11-23(16)18)19(24)20-10-14-6-7-14/h3-5,8-9,11,14H,6-7,10H2,1-2H3,(H,20,24). The average Bonchev–Trinajstić information content (AvgIpc) is 3.32. The molecule has 2 heterocycles. The quantitative estimate of drug-likeness (QED) is 0.803. The number of aryl methyl sites for hydroxylation is 2. The van der Waals surface area contributed by atoms with Crippen molar-refractivity contribution in [1.29, 1.82) is 0 Å². The first-order chi connectivity index (χ1) is 11.6. The first-order valence-corrected chi connectivity index (χ1v) is 8.33. The van der Waals surface area contributed by atoms with E-state index in [-0.39, 0.29) is 5.91 Å². The van der Waals surface area contributed by atoms with Crippen LogP contribution >= 0.6 is 0 Å². The van der Waals surface area contributed by atoms with Crippen LogP contribution in [-0.2, 0) is 0 Å². The third-order valence-corrected chi connectivity index (χ3v) is 4.62. The molecule has 1 fully saturated rings. The lowest BCUT2D eigenvalue weighted by Gasteiger charge is -2.09. The number of carbonyl (C=O) groups excluding carboxylic acids is 1. The summed E-state index contributed by atoms with van der Waals surface area (Å²) in [6.07, 6.45) is 4.28. The van der Waals surface area contributed by atoms with Crippen molar-refractivity contribution in [2.45, 2.75) is 26.7 Å². The molecule has 24 heavy (non-hydrogen) atoms. The second-order valence-corrected chi connectivity index (χ2v) is 6.59. The molecule has 5 nitrogen and oxygen atoms in total. The highest BCUT2D eigenvalue weighted by Gasteiger charge is 2.22. The van der Waals surface area contributed by atoms with Gasteiger partial charge in [0.05, 0.1) is 5.56 Å². The van der Waals surface area contributed by atoms with Gasteiger partial charge in [0.1, 0.15) is 0 Å². The van der Waals surface area contributed by atoms with E-state index in [1.165, 1.54) is 12.8 Å². The summed E-state index contributed by atoms with van der Waals surface area (Å²) in [6.45, 7) is 4.90. The zero-order chi connectivity index (χ0) is 16.7. The third-order valence-electron chi connectivity index (χ3n) is 4.62. The summed E-state index contributed by atoms with van der Waals surface area (Å²) in [5, 5.41) is 11.6. The van der Waals surface area contributed by atoms with Crippen LogP contribution in [0.4, 0.5) is 0 Å². The van der Waals surface area contributed by atoms with Gasteiger partial charge in [0.15, 0.2) is 11.5 Å². The number of benzene rings is 1. The van der Waals surface area contributed by atoms with Gasteiger partial charge in [0, 0.05) is 18.3 Å². The Hall–Kier alpha value is -2.69. The fourth-order valence-corrected chi connectivity index (χ4v) is 3.02. The fraction of sp³-hybridized carbons (Fsp3) is 0.316. The first kappa shape index (κ1) is 14.9. The Kier molecular flexibility index (Phi) is 3.56. The Morgan fingerprint density at radius 3 is 2.62 bits per heavy atom. The van der Waals surface area contributed by atoms with Crippen molar-refractivity contribution in [1.82, 2.24) is 19.9 Å². The highest BCUT2D eigenvalue weighted by molar-refractivity contribution is 5.94. The molecule has 0 unspecified atom stereocenters. The molecule has 0 aliphatic heterocycles. The molecule has 4 rings (SSSR count). The van der Waals surface area contributed by atoms with Gasteiger partial charge in [-0.05, 0) is 55.9 Å². The topological polar surface area (TPSA) is 59.3 Å². The molecule has 1 aliphatic carbocycles. The molecule has 1 aliphatic rings. The maximum atomic E-state index is 12.4. The van der Waals surface area contributed by atoms with Crippen LogP contribution in [0.25, 0.3) is 17.0 Å². The molecule has 0 saturated heterocycles. The van der Waals surface area contributed by atoms with Crippen molar-refractivity contribution < 1.29 is 4.79 Å². The summed E-state index contributed by atoms with van der Waals surface area (Å²) < 4.78 is 1.90. The number of hydrogen-bond acceptors (Lipinski definition) is 3. The van der Waals surface area contributed by atoms with E-state index in [9.17, 15) is 4.79 Å². The molecule has 2 aromatic heterocycles. The van der Waals surface area contributed by atoms with Crippen molar-refractivity contribution in [2.75, 3.05) is 6.54 Å². The number of rotatable bonds is 4. The van der Waals surface area contributed by atoms with Crippen LogP contribution in [0.5, 0.6) is 0 Å². The molecular formula is C19H20N4O. The van der Waals surface area contributed by atoms with Crippen LogP contribution in [0.2, 0.25) is 0 Å². The third kappa shape index (κ3) is 2.66. The summed E-state index contributed by atoms with van der Waals surface area (Å²) >= 11 is 0. The number of nitrogens with zero attached hydrogens (tertiary/aromatic N) is 3. The van der Waals surface area contributed by atoms with Crippen LogP contribution in [0.1, 0.15) is 34.3 Å². The number of amides is 1. The monoisotopic (exact) mass is 320 g/mol. The van der Waals surface area contributed by atoms with Gasteiger partial charge in [-0.1, -0.05) is 18.2 Å². The maximum Gasteiger partial charge on any atom is 0.252 e. The number of aromatic nitrogens is 3. The molecule has 0 bridgehead atoms. The first-order valence-electron chi connectivity index (χ1n) is 8.33. The lowest BCUT2D eigenvalue weighted by atomic mass is 10.0. The Morgan fingerprint density at radius 2 is 1.92 bits per heavy atom. The van der Waals surface area contributed by atoms with Gasteiger partial charge in [-0.15, -0.1) is 10.2 Å². The molecule has 1 amide bonds. The number of fused-ring (bicyclic) bond motifs is 1. The summed E-state index contributed by atoms with van der Waals surface area (Å²) in [6, 6.07) is 9.82. The van der Waals surface area contributed by atoms with E-state index >= 15 is 0 Å². The van der Waals surface area contributed by atoms with E-state index in [0.29, 0.717) is 11.5 Å². The smallest absolute Gasteiger partial charge is 0.252 e. The van der Waals surface area contributed by atoms with Gasteiger partial charge >= 0.3 is 0 Å². The van der Waals surface area contributed by atoms with Crippen LogP contribution < -0.4 is 5.32 Å². The average molecular weight is 320 g/mol. The SMILES string of the molecule is Cc1cccc(C)c1-c1nnc2ccc(C(=O)NCC3CC3)cn12. The number of pyridine rings is 1. The fourth-order valence-electron chi connectivity index (χ4n) is 3.02. The van der Waals surface area contributed by atoms with Crippen molar-refractivity contribution in [3.8, 4) is 11.4 Å². The summed E-state index contributed by atoms with van der Waals surface area (Å²) in [4.78, 5) is 12.4. The highest BCUT2D eigenvalue weighted by Crippen LogP contribution is 2.28. The van der Waals surface area contributed by atoms with Gasteiger partial charge in [0.2, 0.25) is 0 Å². The van der Waals surface area contributed by atoms with Gasteiger partial charge in [0.25, 0.3) is 5.91 Å². The molecule has 1 N–H and O–H groups in total. The van der Waals surface area contributed by atoms with E-state index in [0.717, 1.165) is 34.7 Å². The van der Waals surface area contributed by atoms with Gasteiger partial charge in [-0.2, -0.15) is 0 Å². The minimum absolute atomic E-state index is 0.0371. The molecule has 3 aromatic rings. The van der Waals surface area contributed by atoms with Gasteiger partial charge in [-0.25, -0.2) is 0 Å². The van der Waals surface area contributed by atoms with Gasteiger partial charge < -0.3 is 5.32 Å². The Morgan fingerprint density at radius 1 is 1.17 bits per heavy atom. The summed E-state index contributed by atoms with van der Waals surface area (Å²) in [5.74, 6) is 1.40. The van der Waals surface area contributed by atoms with E-state index in [1.54, 1.807) is 6.07 Å². The van der Waals surface area contributed by atoms with E-state index in [4.69, 9.17) is 0 Å². The van der Waals surface area contributed by atoms with E-state index < -0.39 is 0 Å². The molecule has 1 saturated carbocycles. The lowest BCUT2D eigenvalue weighted by Crippen LogP contribution is -2.25. The van der Waals surface area contributed by atoms with E-state index in [1.807, 2.05) is 22.7 Å². The molecule has 122 valence electrons. The van der Waals surface area contributed by atoms with Crippen LogP contribution in [0.15, 0.2) is 36.5 Å². The minimum atomic E-state index is -0.0371. The molecule has 5 heteroatoms. The molecule has 1 aromatic carbocycles. The van der Waals surface area contributed by atoms with Gasteiger partial charge in [-0.3, -0.25) is 9.20 Å². The lowest BCUT2D eigenvalue weighted by molar-refractivity contribution is 0.0951. The molecule has 0 spiro atoms. The maximum absolute atomic E-state index is 12.4.